The highest BCUT2D eigenvalue weighted by Gasteiger charge is 2.21. The predicted molar refractivity (Wildman–Crippen MR) is 70.2 cm³/mol. The summed E-state index contributed by atoms with van der Waals surface area (Å²) < 4.78 is 11.0. The van der Waals surface area contributed by atoms with E-state index in [0.717, 1.165) is 0 Å². The standard InChI is InChI=1S/C14H12N2O3/c15-9-11-13(17)10-3-1-2-4-12(10)19-14(11)16-5-7-18-8-6-16/h1-4H,5-8H2. The minimum atomic E-state index is -0.272. The molecule has 1 saturated heterocycles. The van der Waals surface area contributed by atoms with Gasteiger partial charge in [0.15, 0.2) is 5.56 Å². The third-order valence-corrected chi connectivity index (χ3v) is 3.19. The third-order valence-electron chi connectivity index (χ3n) is 3.19. The predicted octanol–water partition coefficient (Wildman–Crippen LogP) is 1.50. The normalized spacial score (nSPS) is 15.4. The van der Waals surface area contributed by atoms with E-state index < -0.39 is 0 Å². The van der Waals surface area contributed by atoms with Gasteiger partial charge >= 0.3 is 0 Å². The Morgan fingerprint density at radius 2 is 1.95 bits per heavy atom. The van der Waals surface area contributed by atoms with Crippen molar-refractivity contribution in [2.24, 2.45) is 0 Å². The number of morpholine rings is 1. The second-order valence-electron chi connectivity index (χ2n) is 4.32. The van der Waals surface area contributed by atoms with Gasteiger partial charge in [0.05, 0.1) is 18.6 Å². The van der Waals surface area contributed by atoms with Crippen molar-refractivity contribution in [1.29, 1.82) is 5.26 Å². The van der Waals surface area contributed by atoms with Gasteiger partial charge in [0, 0.05) is 13.1 Å². The highest BCUT2D eigenvalue weighted by molar-refractivity contribution is 5.80. The average Bonchev–Trinajstić information content (AvgIpc) is 2.48. The molecule has 5 heteroatoms. The highest BCUT2D eigenvalue weighted by Crippen LogP contribution is 2.23. The van der Waals surface area contributed by atoms with Crippen LogP contribution < -0.4 is 10.3 Å². The molecule has 1 aromatic carbocycles. The summed E-state index contributed by atoms with van der Waals surface area (Å²) in [6, 6.07) is 8.94. The molecule has 0 N–H and O–H groups in total. The van der Waals surface area contributed by atoms with Gasteiger partial charge in [0.25, 0.3) is 0 Å². The van der Waals surface area contributed by atoms with E-state index in [0.29, 0.717) is 43.2 Å². The lowest BCUT2D eigenvalue weighted by Gasteiger charge is -2.27. The number of fused-ring (bicyclic) bond motifs is 1. The first kappa shape index (κ1) is 11.8. The molecule has 0 bridgehead atoms. The van der Waals surface area contributed by atoms with Crippen molar-refractivity contribution in [3.8, 4) is 6.07 Å². The Bertz CT molecular complexity index is 709. The van der Waals surface area contributed by atoms with Crippen LogP contribution in [0.2, 0.25) is 0 Å². The molecule has 1 fully saturated rings. The zero-order valence-electron chi connectivity index (χ0n) is 10.3. The number of nitriles is 1. The first-order valence-electron chi connectivity index (χ1n) is 6.10. The quantitative estimate of drug-likeness (QED) is 0.773. The zero-order valence-corrected chi connectivity index (χ0v) is 10.3. The van der Waals surface area contributed by atoms with Gasteiger partial charge in [-0.15, -0.1) is 0 Å². The smallest absolute Gasteiger partial charge is 0.218 e. The molecular formula is C14H12N2O3. The number of nitrogens with zero attached hydrogens (tertiary/aromatic N) is 2. The molecule has 2 aromatic rings. The van der Waals surface area contributed by atoms with Gasteiger partial charge in [-0.1, -0.05) is 12.1 Å². The second kappa shape index (κ2) is 4.75. The van der Waals surface area contributed by atoms with Crippen LogP contribution in [0.4, 0.5) is 5.88 Å². The summed E-state index contributed by atoms with van der Waals surface area (Å²) in [6.07, 6.45) is 0. The fraction of sp³-hybridized carbons (Fsp3) is 0.286. The number of benzene rings is 1. The maximum Gasteiger partial charge on any atom is 0.218 e. The Kier molecular flexibility index (Phi) is 2.94. The molecule has 19 heavy (non-hydrogen) atoms. The molecule has 0 saturated carbocycles. The SMILES string of the molecule is N#Cc1c(N2CCOCC2)oc2ccccc2c1=O. The van der Waals surface area contributed by atoms with E-state index in [9.17, 15) is 10.1 Å². The van der Waals surface area contributed by atoms with Crippen LogP contribution in [0.25, 0.3) is 11.0 Å². The van der Waals surface area contributed by atoms with Crippen molar-refractivity contribution in [3.63, 3.8) is 0 Å². The van der Waals surface area contributed by atoms with Crippen LogP contribution in [0.3, 0.4) is 0 Å². The van der Waals surface area contributed by atoms with Crippen molar-refractivity contribution in [1.82, 2.24) is 0 Å². The summed E-state index contributed by atoms with van der Waals surface area (Å²) >= 11 is 0. The summed E-state index contributed by atoms with van der Waals surface area (Å²) in [5.74, 6) is 0.356. The first-order valence-corrected chi connectivity index (χ1v) is 6.10. The summed E-state index contributed by atoms with van der Waals surface area (Å²) in [7, 11) is 0. The molecule has 0 unspecified atom stereocenters. The maximum atomic E-state index is 12.3. The lowest BCUT2D eigenvalue weighted by Crippen LogP contribution is -2.37. The highest BCUT2D eigenvalue weighted by atomic mass is 16.5. The van der Waals surface area contributed by atoms with Gasteiger partial charge in [-0.25, -0.2) is 0 Å². The maximum absolute atomic E-state index is 12.3. The van der Waals surface area contributed by atoms with Crippen molar-refractivity contribution >= 4 is 16.9 Å². The van der Waals surface area contributed by atoms with Crippen molar-refractivity contribution in [3.05, 3.63) is 40.1 Å². The number of para-hydroxylation sites is 1. The molecule has 3 rings (SSSR count). The van der Waals surface area contributed by atoms with Crippen LogP contribution in [0.15, 0.2) is 33.5 Å². The number of hydrogen-bond donors (Lipinski definition) is 0. The fourth-order valence-corrected chi connectivity index (χ4v) is 2.22. The summed E-state index contributed by atoms with van der Waals surface area (Å²) in [4.78, 5) is 14.2. The number of ether oxygens (including phenoxy) is 1. The van der Waals surface area contributed by atoms with Crippen LogP contribution in [0.1, 0.15) is 5.56 Å². The van der Waals surface area contributed by atoms with Crippen LogP contribution in [-0.4, -0.2) is 26.3 Å². The van der Waals surface area contributed by atoms with E-state index in [1.807, 2.05) is 11.0 Å². The topological polar surface area (TPSA) is 66.5 Å². The minimum Gasteiger partial charge on any atom is -0.439 e. The van der Waals surface area contributed by atoms with Gasteiger partial charge in [-0.2, -0.15) is 5.26 Å². The molecular weight excluding hydrogens is 244 g/mol. The Morgan fingerprint density at radius 3 is 2.68 bits per heavy atom. The molecule has 2 heterocycles. The van der Waals surface area contributed by atoms with Gasteiger partial charge in [0.2, 0.25) is 11.3 Å². The summed E-state index contributed by atoms with van der Waals surface area (Å²) in [6.45, 7) is 2.38. The Hall–Kier alpha value is -2.32. The lowest BCUT2D eigenvalue weighted by molar-refractivity contribution is 0.120. The van der Waals surface area contributed by atoms with E-state index in [-0.39, 0.29) is 11.0 Å². The van der Waals surface area contributed by atoms with E-state index >= 15 is 0 Å². The lowest BCUT2D eigenvalue weighted by atomic mass is 10.1. The fourth-order valence-electron chi connectivity index (χ4n) is 2.22. The number of anilines is 1. The van der Waals surface area contributed by atoms with Crippen molar-refractivity contribution in [2.75, 3.05) is 31.2 Å². The van der Waals surface area contributed by atoms with Crippen LogP contribution in [0, 0.1) is 11.3 Å². The zero-order chi connectivity index (χ0) is 13.2. The molecule has 1 aliphatic rings. The first-order chi connectivity index (χ1) is 9.31. The van der Waals surface area contributed by atoms with Gasteiger partial charge < -0.3 is 14.1 Å². The molecule has 0 amide bonds. The summed E-state index contributed by atoms with van der Waals surface area (Å²) in [5, 5.41) is 9.66. The second-order valence-corrected chi connectivity index (χ2v) is 4.32. The number of hydrogen-bond acceptors (Lipinski definition) is 5. The summed E-state index contributed by atoms with van der Waals surface area (Å²) in [5.41, 5.74) is 0.305. The van der Waals surface area contributed by atoms with E-state index in [1.165, 1.54) is 0 Å². The van der Waals surface area contributed by atoms with Gasteiger partial charge in [-0.3, -0.25) is 4.79 Å². The molecule has 0 radical (unpaired) electrons. The van der Waals surface area contributed by atoms with E-state index in [4.69, 9.17) is 9.15 Å². The Labute approximate surface area is 109 Å². The third kappa shape index (κ3) is 1.96. The van der Waals surface area contributed by atoms with Crippen molar-refractivity contribution in [2.45, 2.75) is 0 Å². The van der Waals surface area contributed by atoms with Crippen LogP contribution in [0.5, 0.6) is 0 Å². The number of rotatable bonds is 1. The molecule has 5 nitrogen and oxygen atoms in total. The largest absolute Gasteiger partial charge is 0.439 e. The minimum absolute atomic E-state index is 0.0700. The Morgan fingerprint density at radius 1 is 1.21 bits per heavy atom. The molecule has 0 aliphatic carbocycles. The molecule has 0 spiro atoms. The van der Waals surface area contributed by atoms with Crippen molar-refractivity contribution < 1.29 is 9.15 Å². The molecule has 96 valence electrons. The van der Waals surface area contributed by atoms with Crippen LogP contribution in [-0.2, 0) is 4.74 Å². The van der Waals surface area contributed by atoms with Gasteiger partial charge in [0.1, 0.15) is 11.7 Å². The van der Waals surface area contributed by atoms with E-state index in [1.54, 1.807) is 24.3 Å². The van der Waals surface area contributed by atoms with Gasteiger partial charge in [-0.05, 0) is 12.1 Å². The monoisotopic (exact) mass is 256 g/mol. The molecule has 1 aromatic heterocycles. The Balaban J connectivity index is 2.23. The molecule has 0 atom stereocenters. The van der Waals surface area contributed by atoms with E-state index in [2.05, 4.69) is 0 Å². The average molecular weight is 256 g/mol. The molecule has 1 aliphatic heterocycles. The van der Waals surface area contributed by atoms with Crippen LogP contribution >= 0.6 is 0 Å².